The summed E-state index contributed by atoms with van der Waals surface area (Å²) < 4.78 is 66.0. The van der Waals surface area contributed by atoms with Gasteiger partial charge in [-0.25, -0.2) is 9.67 Å². The fraction of sp³-hybridized carbons (Fsp3) is 0.353. The molecule has 2 heterocycles. The molecular formula is C17H17F5N4O2S. The van der Waals surface area contributed by atoms with Crippen molar-refractivity contribution in [3.63, 3.8) is 0 Å². The highest BCUT2D eigenvalue weighted by Crippen LogP contribution is 3.02. The van der Waals surface area contributed by atoms with E-state index in [1.54, 1.807) is 6.92 Å². The van der Waals surface area contributed by atoms with Crippen LogP contribution in [0.4, 0.5) is 19.4 Å². The lowest BCUT2D eigenvalue weighted by Crippen LogP contribution is -2.14. The van der Waals surface area contributed by atoms with Crippen LogP contribution in [0.25, 0.3) is 11.0 Å². The van der Waals surface area contributed by atoms with Crippen molar-refractivity contribution < 1.29 is 24.5 Å². The lowest BCUT2D eigenvalue weighted by Gasteiger charge is -2.40. The van der Waals surface area contributed by atoms with Crippen LogP contribution in [0.3, 0.4) is 0 Å². The molecule has 1 aromatic carbocycles. The molecule has 158 valence electrons. The Balaban J connectivity index is 1.81. The third-order valence-electron chi connectivity index (χ3n) is 4.94. The minimum atomic E-state index is -9.76. The predicted octanol–water partition coefficient (Wildman–Crippen LogP) is 4.76. The normalized spacial score (nSPS) is 18.4. The average Bonchev–Trinajstić information content (AvgIpc) is 3.40. The molecule has 6 nitrogen and oxygen atoms in total. The molecule has 1 aliphatic rings. The number of H-pyrrole nitrogens is 1. The van der Waals surface area contributed by atoms with Crippen molar-refractivity contribution in [2.75, 3.05) is 0 Å². The van der Waals surface area contributed by atoms with Gasteiger partial charge in [-0.05, 0) is 37.5 Å². The van der Waals surface area contributed by atoms with Crippen molar-refractivity contribution in [3.8, 4) is 0 Å². The van der Waals surface area contributed by atoms with Crippen molar-refractivity contribution in [1.29, 1.82) is 0 Å². The molecule has 0 saturated heterocycles. The summed E-state index contributed by atoms with van der Waals surface area (Å²) in [4.78, 5) is 17.6. The van der Waals surface area contributed by atoms with E-state index in [0.717, 1.165) is 25.0 Å². The van der Waals surface area contributed by atoms with E-state index in [9.17, 15) is 29.3 Å². The lowest BCUT2D eigenvalue weighted by atomic mass is 10.1. The molecule has 1 fully saturated rings. The second-order valence-corrected chi connectivity index (χ2v) is 9.60. The van der Waals surface area contributed by atoms with Crippen LogP contribution in [-0.2, 0) is 6.61 Å². The molecular weight excluding hydrogens is 419 g/mol. The minimum Gasteiger partial charge on any atom is -0.390 e. The van der Waals surface area contributed by atoms with Gasteiger partial charge in [0.2, 0.25) is 0 Å². The minimum absolute atomic E-state index is 0.0755. The number of aromatic nitrogens is 4. The first kappa shape index (κ1) is 19.8. The number of nitrogens with one attached hydrogen (secondary N) is 1. The Morgan fingerprint density at radius 1 is 1.21 bits per heavy atom. The molecule has 0 amide bonds. The fourth-order valence-electron chi connectivity index (χ4n) is 3.21. The van der Waals surface area contributed by atoms with Crippen molar-refractivity contribution in [2.45, 2.75) is 43.2 Å². The van der Waals surface area contributed by atoms with Gasteiger partial charge in [-0.3, -0.25) is 4.79 Å². The smallest absolute Gasteiger partial charge is 0.310 e. The summed E-state index contributed by atoms with van der Waals surface area (Å²) >= 11 is 0. The molecule has 0 aliphatic heterocycles. The predicted molar refractivity (Wildman–Crippen MR) is 97.7 cm³/mol. The lowest BCUT2D eigenvalue weighted by molar-refractivity contribution is 0.276. The third-order valence-corrected chi connectivity index (χ3v) is 6.10. The first-order valence-electron chi connectivity index (χ1n) is 8.74. The van der Waals surface area contributed by atoms with E-state index >= 15 is 0 Å². The monoisotopic (exact) mass is 436 g/mol. The second kappa shape index (κ2) is 5.57. The summed E-state index contributed by atoms with van der Waals surface area (Å²) in [5.41, 5.74) is 0.0609. The standard InChI is InChI=1S/C17H17F5N4O2S/c1-9(10-4-6-12(7-5-10)29(18,19,20,21)22)26-16-14(13(8-27)25-26)17(28)24-15(23-16)11-2-3-11/h4-7,9,11,27H,2-3,8H2,1H3,(H,23,24,28)/t9-/m0/s1. The Bertz CT molecular complexity index is 1170. The number of halogens is 5. The van der Waals surface area contributed by atoms with E-state index in [1.807, 2.05) is 0 Å². The number of aliphatic hydroxyl groups excluding tert-OH is 1. The van der Waals surface area contributed by atoms with Gasteiger partial charge in [-0.1, -0.05) is 31.6 Å². The largest absolute Gasteiger partial charge is 0.390 e. The van der Waals surface area contributed by atoms with E-state index in [4.69, 9.17) is 0 Å². The highest BCUT2D eigenvalue weighted by molar-refractivity contribution is 8.45. The van der Waals surface area contributed by atoms with Crippen LogP contribution in [0.15, 0.2) is 34.0 Å². The molecule has 1 atom stereocenters. The van der Waals surface area contributed by atoms with Crippen LogP contribution < -0.4 is 5.56 Å². The van der Waals surface area contributed by atoms with Crippen LogP contribution in [0.2, 0.25) is 0 Å². The van der Waals surface area contributed by atoms with Gasteiger partial charge in [0.15, 0.2) is 5.65 Å². The zero-order valence-corrected chi connectivity index (χ0v) is 15.9. The van der Waals surface area contributed by atoms with Gasteiger partial charge in [0.25, 0.3) is 5.56 Å². The molecule has 0 radical (unpaired) electrons. The third kappa shape index (κ3) is 3.62. The molecule has 1 aliphatic carbocycles. The Morgan fingerprint density at radius 3 is 2.34 bits per heavy atom. The van der Waals surface area contributed by atoms with Gasteiger partial charge in [0.05, 0.1) is 12.6 Å². The van der Waals surface area contributed by atoms with Gasteiger partial charge in [-0.15, -0.1) is 0 Å². The van der Waals surface area contributed by atoms with Crippen molar-refractivity contribution in [3.05, 3.63) is 51.7 Å². The highest BCUT2D eigenvalue weighted by atomic mass is 32.5. The van der Waals surface area contributed by atoms with E-state index in [0.29, 0.717) is 18.0 Å². The molecule has 2 N–H and O–H groups in total. The Kier molecular flexibility index (Phi) is 3.81. The Hall–Kier alpha value is -2.47. The highest BCUT2D eigenvalue weighted by Gasteiger charge is 2.65. The van der Waals surface area contributed by atoms with Crippen molar-refractivity contribution in [2.24, 2.45) is 0 Å². The maximum atomic E-state index is 12.9. The molecule has 2 aromatic heterocycles. The number of hydrogen-bond acceptors (Lipinski definition) is 4. The number of hydrogen-bond donors (Lipinski definition) is 2. The number of nitrogens with zero attached hydrogens (tertiary/aromatic N) is 3. The molecule has 0 unspecified atom stereocenters. The number of aliphatic hydroxyl groups is 1. The van der Waals surface area contributed by atoms with E-state index in [2.05, 4.69) is 15.1 Å². The zero-order valence-electron chi connectivity index (χ0n) is 15.1. The molecule has 1 saturated carbocycles. The van der Waals surface area contributed by atoms with Gasteiger partial charge in [-0.2, -0.15) is 5.10 Å². The van der Waals surface area contributed by atoms with Crippen LogP contribution in [0.1, 0.15) is 48.8 Å². The number of benzene rings is 1. The SMILES string of the molecule is C[C@@H](c1ccc(S(F)(F)(F)(F)F)cc1)n1nc(CO)c2c(=O)[nH]c(C3CC3)nc21. The van der Waals surface area contributed by atoms with Crippen LogP contribution in [0, 0.1) is 0 Å². The van der Waals surface area contributed by atoms with Crippen molar-refractivity contribution >= 4 is 21.3 Å². The summed E-state index contributed by atoms with van der Waals surface area (Å²) in [6, 6.07) is 1.84. The summed E-state index contributed by atoms with van der Waals surface area (Å²) in [7, 11) is -9.76. The molecule has 29 heavy (non-hydrogen) atoms. The van der Waals surface area contributed by atoms with Gasteiger partial charge in [0.1, 0.15) is 21.8 Å². The summed E-state index contributed by atoms with van der Waals surface area (Å²) in [5, 5.41) is 13.8. The number of rotatable bonds is 5. The van der Waals surface area contributed by atoms with E-state index in [1.165, 1.54) is 4.68 Å². The first-order chi connectivity index (χ1) is 13.3. The summed E-state index contributed by atoms with van der Waals surface area (Å²) in [6.45, 7) is 1.05. The van der Waals surface area contributed by atoms with Crippen LogP contribution in [0.5, 0.6) is 0 Å². The van der Waals surface area contributed by atoms with Gasteiger partial charge < -0.3 is 10.1 Å². The maximum absolute atomic E-state index is 12.9. The van der Waals surface area contributed by atoms with E-state index < -0.39 is 33.3 Å². The van der Waals surface area contributed by atoms with E-state index in [-0.39, 0.29) is 28.2 Å². The Morgan fingerprint density at radius 2 is 1.83 bits per heavy atom. The van der Waals surface area contributed by atoms with Crippen LogP contribution >= 0.6 is 10.2 Å². The molecule has 0 bridgehead atoms. The quantitative estimate of drug-likeness (QED) is 0.565. The topological polar surface area (TPSA) is 83.8 Å². The van der Waals surface area contributed by atoms with Crippen molar-refractivity contribution in [1.82, 2.24) is 19.7 Å². The maximum Gasteiger partial charge on any atom is 0.310 e. The van der Waals surface area contributed by atoms with Gasteiger partial charge >= 0.3 is 10.2 Å². The molecule has 3 aromatic rings. The van der Waals surface area contributed by atoms with Crippen LogP contribution in [-0.4, -0.2) is 24.9 Å². The Labute approximate surface area is 161 Å². The van der Waals surface area contributed by atoms with Gasteiger partial charge in [0, 0.05) is 5.92 Å². The number of fused-ring (bicyclic) bond motifs is 1. The second-order valence-electron chi connectivity index (χ2n) is 7.19. The summed E-state index contributed by atoms with van der Waals surface area (Å²) in [5.74, 6) is 0.608. The molecule has 4 rings (SSSR count). The number of aromatic amines is 1. The molecule has 0 spiro atoms. The zero-order chi connectivity index (χ0) is 21.3. The fourth-order valence-corrected chi connectivity index (χ4v) is 3.86. The first-order valence-corrected chi connectivity index (χ1v) is 10.7. The average molecular weight is 436 g/mol. The summed E-state index contributed by atoms with van der Waals surface area (Å²) in [6.07, 6.45) is 1.75. The molecule has 12 heteroatoms.